The SMILES string of the molecule is CS(=O)(=O)Nc1ccc(Nc2ccccc2F)nn1. The first kappa shape index (κ1) is 13.2. The maximum atomic E-state index is 13.4. The number of para-hydroxylation sites is 1. The molecule has 0 aliphatic carbocycles. The number of sulfonamides is 1. The Balaban J connectivity index is 2.13. The van der Waals surface area contributed by atoms with Gasteiger partial charge in [0.15, 0.2) is 11.6 Å². The van der Waals surface area contributed by atoms with Gasteiger partial charge in [-0.05, 0) is 24.3 Å². The van der Waals surface area contributed by atoms with Crippen molar-refractivity contribution in [2.45, 2.75) is 0 Å². The highest BCUT2D eigenvalue weighted by atomic mass is 32.2. The molecule has 0 fully saturated rings. The quantitative estimate of drug-likeness (QED) is 0.892. The highest BCUT2D eigenvalue weighted by Gasteiger charge is 2.05. The van der Waals surface area contributed by atoms with Gasteiger partial charge in [-0.3, -0.25) is 4.72 Å². The van der Waals surface area contributed by atoms with Crippen molar-refractivity contribution in [1.29, 1.82) is 0 Å². The van der Waals surface area contributed by atoms with E-state index in [1.807, 2.05) is 0 Å². The van der Waals surface area contributed by atoms with Gasteiger partial charge in [0, 0.05) is 0 Å². The van der Waals surface area contributed by atoms with E-state index in [1.54, 1.807) is 18.2 Å². The van der Waals surface area contributed by atoms with Gasteiger partial charge in [0.25, 0.3) is 0 Å². The molecule has 1 aromatic heterocycles. The fourth-order valence-electron chi connectivity index (χ4n) is 1.34. The van der Waals surface area contributed by atoms with Crippen LogP contribution in [-0.2, 0) is 10.0 Å². The van der Waals surface area contributed by atoms with E-state index in [0.717, 1.165) is 6.26 Å². The topological polar surface area (TPSA) is 84.0 Å². The number of benzene rings is 1. The molecule has 0 unspecified atom stereocenters. The molecular formula is C11H11FN4O2S. The Labute approximate surface area is 109 Å². The minimum atomic E-state index is -3.39. The van der Waals surface area contributed by atoms with Crippen LogP contribution in [0, 0.1) is 5.82 Å². The second-order valence-electron chi connectivity index (χ2n) is 3.78. The molecule has 1 aromatic carbocycles. The first-order chi connectivity index (χ1) is 8.94. The third kappa shape index (κ3) is 3.88. The van der Waals surface area contributed by atoms with Crippen LogP contribution in [0.2, 0.25) is 0 Å². The van der Waals surface area contributed by atoms with Crippen LogP contribution in [0.3, 0.4) is 0 Å². The van der Waals surface area contributed by atoms with Gasteiger partial charge in [-0.15, -0.1) is 10.2 Å². The Morgan fingerprint density at radius 3 is 2.26 bits per heavy atom. The highest BCUT2D eigenvalue weighted by Crippen LogP contribution is 2.17. The van der Waals surface area contributed by atoms with Gasteiger partial charge in [0.1, 0.15) is 5.82 Å². The molecule has 0 aliphatic heterocycles. The van der Waals surface area contributed by atoms with Crippen LogP contribution < -0.4 is 10.0 Å². The molecule has 2 N–H and O–H groups in total. The van der Waals surface area contributed by atoms with Crippen molar-refractivity contribution < 1.29 is 12.8 Å². The molecule has 6 nitrogen and oxygen atoms in total. The smallest absolute Gasteiger partial charge is 0.231 e. The second-order valence-corrected chi connectivity index (χ2v) is 5.53. The number of nitrogens with one attached hydrogen (secondary N) is 2. The van der Waals surface area contributed by atoms with Crippen molar-refractivity contribution in [2.24, 2.45) is 0 Å². The average Bonchev–Trinajstić information content (AvgIpc) is 2.33. The van der Waals surface area contributed by atoms with Gasteiger partial charge < -0.3 is 5.32 Å². The van der Waals surface area contributed by atoms with E-state index >= 15 is 0 Å². The standard InChI is InChI=1S/C11H11FN4O2S/c1-19(17,18)16-11-7-6-10(14-15-11)13-9-5-3-2-4-8(9)12/h2-7H,1H3,(H,13,14)(H,15,16). The lowest BCUT2D eigenvalue weighted by molar-refractivity contribution is 0.606. The first-order valence-corrected chi connectivity index (χ1v) is 7.16. The zero-order valence-electron chi connectivity index (χ0n) is 9.96. The Morgan fingerprint density at radius 1 is 1.05 bits per heavy atom. The summed E-state index contributed by atoms with van der Waals surface area (Å²) in [5, 5.41) is 10.1. The van der Waals surface area contributed by atoms with Crippen molar-refractivity contribution >= 4 is 27.3 Å². The highest BCUT2D eigenvalue weighted by molar-refractivity contribution is 7.92. The fraction of sp³-hybridized carbons (Fsp3) is 0.0909. The number of halogens is 1. The van der Waals surface area contributed by atoms with E-state index in [-0.39, 0.29) is 11.5 Å². The molecule has 2 rings (SSSR count). The minimum absolute atomic E-state index is 0.0987. The van der Waals surface area contributed by atoms with Crippen LogP contribution in [0.15, 0.2) is 36.4 Å². The number of anilines is 3. The molecule has 0 spiro atoms. The van der Waals surface area contributed by atoms with Crippen molar-refractivity contribution in [2.75, 3.05) is 16.3 Å². The fourth-order valence-corrected chi connectivity index (χ4v) is 1.83. The molecule has 0 saturated carbocycles. The lowest BCUT2D eigenvalue weighted by atomic mass is 10.3. The summed E-state index contributed by atoms with van der Waals surface area (Å²) in [6.45, 7) is 0. The van der Waals surface area contributed by atoms with Crippen LogP contribution in [-0.4, -0.2) is 24.9 Å². The summed E-state index contributed by atoms with van der Waals surface area (Å²) in [5.41, 5.74) is 0.264. The maximum Gasteiger partial charge on any atom is 0.231 e. The van der Waals surface area contributed by atoms with E-state index in [4.69, 9.17) is 0 Å². The minimum Gasteiger partial charge on any atom is -0.336 e. The molecular weight excluding hydrogens is 271 g/mol. The van der Waals surface area contributed by atoms with Crippen molar-refractivity contribution in [3.63, 3.8) is 0 Å². The number of hydrogen-bond donors (Lipinski definition) is 2. The summed E-state index contributed by atoms with van der Waals surface area (Å²) in [4.78, 5) is 0. The Kier molecular flexibility index (Phi) is 3.61. The monoisotopic (exact) mass is 282 g/mol. The van der Waals surface area contributed by atoms with E-state index in [9.17, 15) is 12.8 Å². The molecule has 0 radical (unpaired) electrons. The Morgan fingerprint density at radius 2 is 1.68 bits per heavy atom. The van der Waals surface area contributed by atoms with Gasteiger partial charge in [0.05, 0.1) is 11.9 Å². The van der Waals surface area contributed by atoms with Gasteiger partial charge in [0.2, 0.25) is 10.0 Å². The van der Waals surface area contributed by atoms with E-state index in [0.29, 0.717) is 5.82 Å². The van der Waals surface area contributed by atoms with Crippen LogP contribution in [0.5, 0.6) is 0 Å². The first-order valence-electron chi connectivity index (χ1n) is 5.27. The molecule has 0 bridgehead atoms. The predicted octanol–water partition coefficient (Wildman–Crippen LogP) is 1.73. The number of aromatic nitrogens is 2. The van der Waals surface area contributed by atoms with Gasteiger partial charge in [-0.25, -0.2) is 12.8 Å². The largest absolute Gasteiger partial charge is 0.336 e. The van der Waals surface area contributed by atoms with Crippen LogP contribution in [0.1, 0.15) is 0 Å². The summed E-state index contributed by atoms with van der Waals surface area (Å²) in [7, 11) is -3.39. The molecule has 0 amide bonds. The van der Waals surface area contributed by atoms with E-state index < -0.39 is 15.8 Å². The number of hydrogen-bond acceptors (Lipinski definition) is 5. The number of rotatable bonds is 4. The van der Waals surface area contributed by atoms with Crippen molar-refractivity contribution in [1.82, 2.24) is 10.2 Å². The Hall–Kier alpha value is -2.22. The third-order valence-corrected chi connectivity index (χ3v) is 2.67. The molecule has 0 atom stereocenters. The Bertz CT molecular complexity index is 673. The molecule has 8 heteroatoms. The zero-order chi connectivity index (χ0) is 13.9. The van der Waals surface area contributed by atoms with E-state index in [2.05, 4.69) is 20.2 Å². The van der Waals surface area contributed by atoms with Crippen molar-refractivity contribution in [3.05, 3.63) is 42.2 Å². The summed E-state index contributed by atoms with van der Waals surface area (Å²) >= 11 is 0. The third-order valence-electron chi connectivity index (χ3n) is 2.09. The van der Waals surface area contributed by atoms with Crippen LogP contribution >= 0.6 is 0 Å². The molecule has 0 aliphatic rings. The summed E-state index contributed by atoms with van der Waals surface area (Å²) in [6.07, 6.45) is 1.01. The predicted molar refractivity (Wildman–Crippen MR) is 70.2 cm³/mol. The van der Waals surface area contributed by atoms with Crippen molar-refractivity contribution in [3.8, 4) is 0 Å². The average molecular weight is 282 g/mol. The molecule has 2 aromatic rings. The van der Waals surface area contributed by atoms with Gasteiger partial charge >= 0.3 is 0 Å². The number of nitrogens with zero attached hydrogens (tertiary/aromatic N) is 2. The van der Waals surface area contributed by atoms with E-state index in [1.165, 1.54) is 18.2 Å². The second kappa shape index (κ2) is 5.19. The maximum absolute atomic E-state index is 13.4. The molecule has 100 valence electrons. The summed E-state index contributed by atoms with van der Waals surface area (Å²) < 4.78 is 37.5. The lowest BCUT2D eigenvalue weighted by Gasteiger charge is -2.06. The van der Waals surface area contributed by atoms with Gasteiger partial charge in [-0.1, -0.05) is 12.1 Å². The zero-order valence-corrected chi connectivity index (χ0v) is 10.8. The summed E-state index contributed by atoms with van der Waals surface area (Å²) in [6, 6.07) is 9.04. The van der Waals surface area contributed by atoms with Crippen LogP contribution in [0.4, 0.5) is 21.7 Å². The molecule has 1 heterocycles. The van der Waals surface area contributed by atoms with Gasteiger partial charge in [-0.2, -0.15) is 0 Å². The molecule has 0 saturated heterocycles. The molecule has 19 heavy (non-hydrogen) atoms. The normalized spacial score (nSPS) is 11.1. The van der Waals surface area contributed by atoms with Crippen LogP contribution in [0.25, 0.3) is 0 Å². The summed E-state index contributed by atoms with van der Waals surface area (Å²) in [5.74, 6) is -0.00614. The lowest BCUT2D eigenvalue weighted by Crippen LogP contribution is -2.11.